The molecule has 0 radical (unpaired) electrons. The maximum Gasteiger partial charge on any atom is 0.134 e. The number of rotatable bonds is 4. The molecule has 0 saturated carbocycles. The first-order chi connectivity index (χ1) is 8.19. The summed E-state index contributed by atoms with van der Waals surface area (Å²) in [6.45, 7) is 0.455. The lowest BCUT2D eigenvalue weighted by Crippen LogP contribution is -1.98. The molecule has 0 aliphatic rings. The van der Waals surface area contributed by atoms with E-state index in [2.05, 4.69) is 21.0 Å². The Kier molecular flexibility index (Phi) is 3.81. The van der Waals surface area contributed by atoms with E-state index < -0.39 is 0 Å². The van der Waals surface area contributed by atoms with Crippen molar-refractivity contribution in [3.63, 3.8) is 0 Å². The van der Waals surface area contributed by atoms with E-state index in [1.165, 1.54) is 0 Å². The Hall–Kier alpha value is -1.33. The second kappa shape index (κ2) is 5.33. The molecule has 17 heavy (non-hydrogen) atoms. The molecule has 0 bridgehead atoms. The summed E-state index contributed by atoms with van der Waals surface area (Å²) in [5.74, 6) is 0.743. The SMILES string of the molecule is Cn1ccc(COc2ccc(CO)cc2Br)n1. The monoisotopic (exact) mass is 296 g/mol. The van der Waals surface area contributed by atoms with Crippen LogP contribution in [0.5, 0.6) is 5.75 Å². The van der Waals surface area contributed by atoms with Gasteiger partial charge in [-0.15, -0.1) is 0 Å². The number of aryl methyl sites for hydroxylation is 1. The zero-order valence-electron chi connectivity index (χ0n) is 9.43. The molecular formula is C12H13BrN2O2. The lowest BCUT2D eigenvalue weighted by molar-refractivity contribution is 0.280. The van der Waals surface area contributed by atoms with Crippen LogP contribution in [0.2, 0.25) is 0 Å². The zero-order valence-corrected chi connectivity index (χ0v) is 11.0. The van der Waals surface area contributed by atoms with Crippen molar-refractivity contribution >= 4 is 15.9 Å². The topological polar surface area (TPSA) is 47.3 Å². The summed E-state index contributed by atoms with van der Waals surface area (Å²) < 4.78 is 8.20. The van der Waals surface area contributed by atoms with Crippen molar-refractivity contribution in [1.29, 1.82) is 0 Å². The first-order valence-corrected chi connectivity index (χ1v) is 5.99. The summed E-state index contributed by atoms with van der Waals surface area (Å²) in [4.78, 5) is 0. The average Bonchev–Trinajstić information content (AvgIpc) is 2.73. The molecule has 0 saturated heterocycles. The molecule has 2 aromatic rings. The lowest BCUT2D eigenvalue weighted by Gasteiger charge is -2.07. The predicted molar refractivity (Wildman–Crippen MR) is 67.6 cm³/mol. The van der Waals surface area contributed by atoms with E-state index in [0.29, 0.717) is 6.61 Å². The van der Waals surface area contributed by atoms with Crippen LogP contribution in [0, 0.1) is 0 Å². The lowest BCUT2D eigenvalue weighted by atomic mass is 10.2. The minimum Gasteiger partial charge on any atom is -0.486 e. The van der Waals surface area contributed by atoms with Crippen LogP contribution in [-0.2, 0) is 20.3 Å². The van der Waals surface area contributed by atoms with Crippen LogP contribution in [0.1, 0.15) is 11.3 Å². The number of halogens is 1. The van der Waals surface area contributed by atoms with Crippen molar-refractivity contribution in [2.45, 2.75) is 13.2 Å². The van der Waals surface area contributed by atoms with Gasteiger partial charge in [0.25, 0.3) is 0 Å². The van der Waals surface area contributed by atoms with Gasteiger partial charge in [-0.1, -0.05) is 6.07 Å². The summed E-state index contributed by atoms with van der Waals surface area (Å²) in [5, 5.41) is 13.2. The molecule has 0 unspecified atom stereocenters. The van der Waals surface area contributed by atoms with Crippen LogP contribution in [0.4, 0.5) is 0 Å². The minimum atomic E-state index is 0.0269. The number of benzene rings is 1. The van der Waals surface area contributed by atoms with Gasteiger partial charge in [-0.3, -0.25) is 4.68 Å². The molecule has 0 atom stereocenters. The fraction of sp³-hybridized carbons (Fsp3) is 0.250. The van der Waals surface area contributed by atoms with E-state index in [-0.39, 0.29) is 6.61 Å². The second-order valence-corrected chi connectivity index (χ2v) is 4.55. The van der Waals surface area contributed by atoms with E-state index in [4.69, 9.17) is 9.84 Å². The van der Waals surface area contributed by atoms with Gasteiger partial charge in [0.05, 0.1) is 16.8 Å². The van der Waals surface area contributed by atoms with Crippen LogP contribution < -0.4 is 4.74 Å². The highest BCUT2D eigenvalue weighted by Gasteiger charge is 2.04. The van der Waals surface area contributed by atoms with Gasteiger partial charge in [-0.2, -0.15) is 5.10 Å². The summed E-state index contributed by atoms with van der Waals surface area (Å²) in [7, 11) is 1.87. The van der Waals surface area contributed by atoms with Gasteiger partial charge < -0.3 is 9.84 Å². The Labute approximate surface area is 108 Å². The van der Waals surface area contributed by atoms with E-state index >= 15 is 0 Å². The minimum absolute atomic E-state index is 0.0269. The van der Waals surface area contributed by atoms with Crippen molar-refractivity contribution in [2.75, 3.05) is 0 Å². The predicted octanol–water partition coefficient (Wildman–Crippen LogP) is 2.25. The fourth-order valence-corrected chi connectivity index (χ4v) is 1.99. The van der Waals surface area contributed by atoms with Gasteiger partial charge in [0.1, 0.15) is 12.4 Å². The number of hydrogen-bond acceptors (Lipinski definition) is 3. The van der Waals surface area contributed by atoms with E-state index in [1.807, 2.05) is 37.5 Å². The molecule has 4 nitrogen and oxygen atoms in total. The molecule has 1 aromatic heterocycles. The van der Waals surface area contributed by atoms with Gasteiger partial charge in [-0.05, 0) is 39.7 Å². The summed E-state index contributed by atoms with van der Waals surface area (Å²) >= 11 is 3.40. The second-order valence-electron chi connectivity index (χ2n) is 3.69. The maximum atomic E-state index is 8.99. The molecular weight excluding hydrogens is 284 g/mol. The molecule has 0 spiro atoms. The van der Waals surface area contributed by atoms with Crippen LogP contribution >= 0.6 is 15.9 Å². The Morgan fingerprint density at radius 3 is 2.82 bits per heavy atom. The summed E-state index contributed by atoms with van der Waals surface area (Å²) in [5.41, 5.74) is 1.73. The van der Waals surface area contributed by atoms with Crippen LogP contribution in [-0.4, -0.2) is 14.9 Å². The number of aliphatic hydroxyl groups excluding tert-OH is 1. The smallest absolute Gasteiger partial charge is 0.134 e. The third-order valence-corrected chi connectivity index (χ3v) is 2.94. The molecule has 5 heteroatoms. The van der Waals surface area contributed by atoms with Crippen molar-refractivity contribution in [1.82, 2.24) is 9.78 Å². The van der Waals surface area contributed by atoms with E-state index in [0.717, 1.165) is 21.5 Å². The number of nitrogens with zero attached hydrogens (tertiary/aromatic N) is 2. The zero-order chi connectivity index (χ0) is 12.3. The Balaban J connectivity index is 2.04. The van der Waals surface area contributed by atoms with Gasteiger partial charge in [0.15, 0.2) is 0 Å². The van der Waals surface area contributed by atoms with Crippen LogP contribution in [0.15, 0.2) is 34.9 Å². The molecule has 0 aliphatic heterocycles. The number of ether oxygens (including phenoxy) is 1. The summed E-state index contributed by atoms with van der Waals surface area (Å²) in [6, 6.07) is 7.42. The molecule has 90 valence electrons. The van der Waals surface area contributed by atoms with Gasteiger partial charge in [-0.25, -0.2) is 0 Å². The molecule has 1 heterocycles. The number of aliphatic hydroxyl groups is 1. The highest BCUT2D eigenvalue weighted by atomic mass is 79.9. The van der Waals surface area contributed by atoms with Crippen molar-refractivity contribution < 1.29 is 9.84 Å². The Morgan fingerprint density at radius 2 is 2.24 bits per heavy atom. The highest BCUT2D eigenvalue weighted by Crippen LogP contribution is 2.26. The normalized spacial score (nSPS) is 10.5. The first kappa shape index (κ1) is 12.1. The Morgan fingerprint density at radius 1 is 1.41 bits per heavy atom. The van der Waals surface area contributed by atoms with Crippen molar-refractivity contribution in [3.8, 4) is 5.75 Å². The number of aromatic nitrogens is 2. The van der Waals surface area contributed by atoms with Gasteiger partial charge >= 0.3 is 0 Å². The van der Waals surface area contributed by atoms with E-state index in [1.54, 1.807) is 4.68 Å². The van der Waals surface area contributed by atoms with E-state index in [9.17, 15) is 0 Å². The molecule has 0 amide bonds. The van der Waals surface area contributed by atoms with Crippen LogP contribution in [0.3, 0.4) is 0 Å². The molecule has 2 rings (SSSR count). The molecule has 1 aromatic carbocycles. The first-order valence-electron chi connectivity index (χ1n) is 5.19. The van der Waals surface area contributed by atoms with Gasteiger partial charge in [0.2, 0.25) is 0 Å². The standard InChI is InChI=1S/C12H13BrN2O2/c1-15-5-4-10(14-15)8-17-12-3-2-9(7-16)6-11(12)13/h2-6,16H,7-8H2,1H3. The van der Waals surface area contributed by atoms with Gasteiger partial charge in [0, 0.05) is 13.2 Å². The molecule has 0 fully saturated rings. The third-order valence-electron chi connectivity index (χ3n) is 2.32. The van der Waals surface area contributed by atoms with Crippen molar-refractivity contribution in [3.05, 3.63) is 46.2 Å². The third kappa shape index (κ3) is 3.08. The fourth-order valence-electron chi connectivity index (χ4n) is 1.45. The molecule has 0 aliphatic carbocycles. The van der Waals surface area contributed by atoms with Crippen LogP contribution in [0.25, 0.3) is 0 Å². The number of hydrogen-bond donors (Lipinski definition) is 1. The average molecular weight is 297 g/mol. The Bertz CT molecular complexity index is 511. The highest BCUT2D eigenvalue weighted by molar-refractivity contribution is 9.10. The molecule has 1 N–H and O–H groups in total. The summed E-state index contributed by atoms with van der Waals surface area (Å²) in [6.07, 6.45) is 1.88. The largest absolute Gasteiger partial charge is 0.486 e. The van der Waals surface area contributed by atoms with Crippen molar-refractivity contribution in [2.24, 2.45) is 7.05 Å². The maximum absolute atomic E-state index is 8.99. The quantitative estimate of drug-likeness (QED) is 0.941.